The molecule has 2 unspecified atom stereocenters. The molecule has 0 N–H and O–H groups in total. The van der Waals surface area contributed by atoms with E-state index >= 15 is 0 Å². The van der Waals surface area contributed by atoms with Crippen molar-refractivity contribution < 1.29 is 0 Å². The minimum Gasteiger partial charge on any atom is -0.332 e. The fraction of sp³-hybridized carbons (Fsp3) is 0.759. The number of rotatable bonds is 18. The van der Waals surface area contributed by atoms with E-state index in [0.717, 1.165) is 12.8 Å². The molecule has 2 rings (SSSR count). The summed E-state index contributed by atoms with van der Waals surface area (Å²) in [6, 6.07) is 0.558. The SMILES string of the molecule is CCCCCCCCCCCCCCC(C)n1ccnc1CC1(CCC)C=CC=CC1. The summed E-state index contributed by atoms with van der Waals surface area (Å²) in [6.07, 6.45) is 36.4. The molecular weight excluding hydrogens is 376 g/mol. The highest BCUT2D eigenvalue weighted by Crippen LogP contribution is 2.37. The lowest BCUT2D eigenvalue weighted by atomic mass is 9.75. The Morgan fingerprint density at radius 3 is 2.10 bits per heavy atom. The summed E-state index contributed by atoms with van der Waals surface area (Å²) < 4.78 is 2.46. The van der Waals surface area contributed by atoms with E-state index in [4.69, 9.17) is 4.98 Å². The monoisotopic (exact) mass is 426 g/mol. The number of hydrogen-bond acceptors (Lipinski definition) is 1. The van der Waals surface area contributed by atoms with Crippen LogP contribution in [0.2, 0.25) is 0 Å². The van der Waals surface area contributed by atoms with Gasteiger partial charge in [-0.25, -0.2) is 4.98 Å². The van der Waals surface area contributed by atoms with Crippen molar-refractivity contribution in [1.82, 2.24) is 9.55 Å². The maximum absolute atomic E-state index is 4.77. The van der Waals surface area contributed by atoms with Gasteiger partial charge >= 0.3 is 0 Å². The molecule has 2 nitrogen and oxygen atoms in total. The van der Waals surface area contributed by atoms with E-state index in [9.17, 15) is 0 Å². The number of aromatic nitrogens is 2. The molecular formula is C29H50N2. The Kier molecular flexibility index (Phi) is 13.0. The summed E-state index contributed by atoms with van der Waals surface area (Å²) in [6.45, 7) is 6.98. The van der Waals surface area contributed by atoms with Crippen molar-refractivity contribution in [3.8, 4) is 0 Å². The van der Waals surface area contributed by atoms with Crippen LogP contribution in [0.5, 0.6) is 0 Å². The van der Waals surface area contributed by atoms with Gasteiger partial charge in [-0.3, -0.25) is 0 Å². The molecule has 176 valence electrons. The third-order valence-corrected chi connectivity index (χ3v) is 7.18. The van der Waals surface area contributed by atoms with E-state index in [2.05, 4.69) is 55.8 Å². The Morgan fingerprint density at radius 2 is 1.52 bits per heavy atom. The second kappa shape index (κ2) is 15.5. The van der Waals surface area contributed by atoms with Crippen molar-refractivity contribution in [2.24, 2.45) is 5.41 Å². The van der Waals surface area contributed by atoms with Crippen LogP contribution in [0.1, 0.15) is 135 Å². The Balaban J connectivity index is 1.62. The fourth-order valence-corrected chi connectivity index (χ4v) is 5.23. The summed E-state index contributed by atoms with van der Waals surface area (Å²) in [5.74, 6) is 1.28. The van der Waals surface area contributed by atoms with Crippen LogP contribution < -0.4 is 0 Å². The topological polar surface area (TPSA) is 17.8 Å². The first kappa shape index (κ1) is 25.9. The van der Waals surface area contributed by atoms with Crippen LogP contribution in [-0.4, -0.2) is 9.55 Å². The number of hydrogen-bond donors (Lipinski definition) is 0. The molecule has 0 fully saturated rings. The first-order chi connectivity index (χ1) is 15.2. The van der Waals surface area contributed by atoms with Crippen LogP contribution in [0.15, 0.2) is 36.7 Å². The first-order valence-electron chi connectivity index (χ1n) is 13.6. The summed E-state index contributed by atoms with van der Waals surface area (Å²) >= 11 is 0. The van der Waals surface area contributed by atoms with E-state index < -0.39 is 0 Å². The third-order valence-electron chi connectivity index (χ3n) is 7.18. The number of nitrogens with zero attached hydrogens (tertiary/aromatic N) is 2. The predicted molar refractivity (Wildman–Crippen MR) is 137 cm³/mol. The molecule has 0 radical (unpaired) electrons. The van der Waals surface area contributed by atoms with Crippen molar-refractivity contribution >= 4 is 0 Å². The molecule has 1 heterocycles. The van der Waals surface area contributed by atoms with Crippen LogP contribution in [0.3, 0.4) is 0 Å². The van der Waals surface area contributed by atoms with Gasteiger partial charge in [0.25, 0.3) is 0 Å². The van der Waals surface area contributed by atoms with Crippen molar-refractivity contribution in [2.45, 2.75) is 136 Å². The maximum Gasteiger partial charge on any atom is 0.109 e. The van der Waals surface area contributed by atoms with E-state index in [-0.39, 0.29) is 5.41 Å². The molecule has 31 heavy (non-hydrogen) atoms. The minimum atomic E-state index is 0.266. The lowest BCUT2D eigenvalue weighted by molar-refractivity contribution is 0.325. The molecule has 0 aliphatic heterocycles. The molecule has 0 amide bonds. The van der Waals surface area contributed by atoms with Gasteiger partial charge in [0.1, 0.15) is 5.82 Å². The van der Waals surface area contributed by atoms with Crippen LogP contribution in [0.25, 0.3) is 0 Å². The highest BCUT2D eigenvalue weighted by molar-refractivity contribution is 5.19. The zero-order valence-corrected chi connectivity index (χ0v) is 21.0. The second-order valence-corrected chi connectivity index (χ2v) is 10.1. The van der Waals surface area contributed by atoms with Crippen LogP contribution >= 0.6 is 0 Å². The van der Waals surface area contributed by atoms with Crippen LogP contribution in [0.4, 0.5) is 0 Å². The highest BCUT2D eigenvalue weighted by Gasteiger charge is 2.28. The Hall–Kier alpha value is -1.31. The minimum absolute atomic E-state index is 0.266. The van der Waals surface area contributed by atoms with E-state index in [0.29, 0.717) is 6.04 Å². The van der Waals surface area contributed by atoms with Gasteiger partial charge in [0.15, 0.2) is 0 Å². The Morgan fingerprint density at radius 1 is 0.871 bits per heavy atom. The predicted octanol–water partition coefficient (Wildman–Crippen LogP) is 9.38. The van der Waals surface area contributed by atoms with Gasteiger partial charge in [-0.1, -0.05) is 122 Å². The van der Waals surface area contributed by atoms with Crippen molar-refractivity contribution in [1.29, 1.82) is 0 Å². The summed E-state index contributed by atoms with van der Waals surface area (Å²) in [5.41, 5.74) is 0.266. The summed E-state index contributed by atoms with van der Waals surface area (Å²) in [5, 5.41) is 0. The molecule has 0 saturated heterocycles. The lowest BCUT2D eigenvalue weighted by Gasteiger charge is -2.31. The summed E-state index contributed by atoms with van der Waals surface area (Å²) in [4.78, 5) is 4.77. The molecule has 1 aromatic rings. The molecule has 1 aromatic heterocycles. The third kappa shape index (κ3) is 9.79. The lowest BCUT2D eigenvalue weighted by Crippen LogP contribution is -2.24. The van der Waals surface area contributed by atoms with Gasteiger partial charge in [0.2, 0.25) is 0 Å². The number of unbranched alkanes of at least 4 members (excludes halogenated alkanes) is 11. The summed E-state index contributed by atoms with van der Waals surface area (Å²) in [7, 11) is 0. The molecule has 1 aliphatic rings. The van der Waals surface area contributed by atoms with Crippen molar-refractivity contribution in [3.05, 3.63) is 42.5 Å². The normalized spacial score (nSPS) is 19.2. The maximum atomic E-state index is 4.77. The molecule has 0 aromatic carbocycles. The average Bonchev–Trinajstić information content (AvgIpc) is 3.23. The Labute approximate surface area is 193 Å². The van der Waals surface area contributed by atoms with Crippen LogP contribution in [-0.2, 0) is 6.42 Å². The molecule has 0 spiro atoms. The molecule has 0 saturated carbocycles. The standard InChI is InChI=1S/C29H50N2/c1-4-6-7-8-9-10-11-12-13-14-15-17-20-27(3)31-25-24-30-28(31)26-29(21-5-2)22-18-16-19-23-29/h16,18-19,22,24-25,27H,4-15,17,20-21,23,26H2,1-3H3. The smallest absolute Gasteiger partial charge is 0.109 e. The number of allylic oxidation sites excluding steroid dienone is 4. The number of imidazole rings is 1. The van der Waals surface area contributed by atoms with Crippen LogP contribution in [0, 0.1) is 5.41 Å². The highest BCUT2D eigenvalue weighted by atomic mass is 15.1. The quantitative estimate of drug-likeness (QED) is 0.214. The van der Waals surface area contributed by atoms with Gasteiger partial charge in [-0.2, -0.15) is 0 Å². The largest absolute Gasteiger partial charge is 0.332 e. The molecule has 0 bridgehead atoms. The van der Waals surface area contributed by atoms with E-state index in [1.54, 1.807) is 0 Å². The van der Waals surface area contributed by atoms with Gasteiger partial charge < -0.3 is 4.57 Å². The molecule has 2 atom stereocenters. The zero-order chi connectivity index (χ0) is 22.2. The van der Waals surface area contributed by atoms with E-state index in [1.807, 2.05) is 6.20 Å². The van der Waals surface area contributed by atoms with Gasteiger partial charge in [-0.05, 0) is 31.6 Å². The van der Waals surface area contributed by atoms with Crippen molar-refractivity contribution in [2.75, 3.05) is 0 Å². The second-order valence-electron chi connectivity index (χ2n) is 10.1. The van der Waals surface area contributed by atoms with Gasteiger partial charge in [0, 0.05) is 24.9 Å². The van der Waals surface area contributed by atoms with Gasteiger partial charge in [-0.15, -0.1) is 0 Å². The molecule has 1 aliphatic carbocycles. The van der Waals surface area contributed by atoms with E-state index in [1.165, 1.54) is 102 Å². The van der Waals surface area contributed by atoms with Crippen molar-refractivity contribution in [3.63, 3.8) is 0 Å². The zero-order valence-electron chi connectivity index (χ0n) is 21.0. The fourth-order valence-electron chi connectivity index (χ4n) is 5.23. The average molecular weight is 427 g/mol. The molecule has 2 heteroatoms. The van der Waals surface area contributed by atoms with Gasteiger partial charge in [0.05, 0.1) is 0 Å². The Bertz CT molecular complexity index is 626. The first-order valence-corrected chi connectivity index (χ1v) is 13.6.